The highest BCUT2D eigenvalue weighted by Gasteiger charge is 2.15. The average molecular weight is 149 g/mol. The molecular formula is C10H15N. The Hall–Kier alpha value is -0.980. The molecule has 0 aromatic heterocycles. The van der Waals surface area contributed by atoms with E-state index in [2.05, 4.69) is 18.1 Å². The molecule has 0 spiro atoms. The Balaban J connectivity index is 2.59. The molecule has 1 heteroatoms. The molecule has 1 aliphatic rings. The summed E-state index contributed by atoms with van der Waals surface area (Å²) in [7, 11) is 0. The van der Waals surface area contributed by atoms with Crippen LogP contribution in [0.4, 0.5) is 0 Å². The summed E-state index contributed by atoms with van der Waals surface area (Å²) >= 11 is 0. The van der Waals surface area contributed by atoms with E-state index in [-0.39, 0.29) is 0 Å². The number of nitrogens with zero attached hydrogens (tertiary/aromatic N) is 1. The van der Waals surface area contributed by atoms with Gasteiger partial charge < -0.3 is 4.90 Å². The van der Waals surface area contributed by atoms with Gasteiger partial charge in [0.05, 0.1) is 0 Å². The van der Waals surface area contributed by atoms with Crippen molar-refractivity contribution in [1.82, 2.24) is 4.90 Å². The van der Waals surface area contributed by atoms with E-state index < -0.39 is 0 Å². The zero-order chi connectivity index (χ0) is 8.27. The van der Waals surface area contributed by atoms with Crippen LogP contribution in [-0.2, 0) is 0 Å². The Bertz CT molecular complexity index is 201. The van der Waals surface area contributed by atoms with Crippen LogP contribution < -0.4 is 0 Å². The van der Waals surface area contributed by atoms with Crippen LogP contribution in [0.3, 0.4) is 0 Å². The summed E-state index contributed by atoms with van der Waals surface area (Å²) in [5.41, 5.74) is 2.27. The summed E-state index contributed by atoms with van der Waals surface area (Å²) in [6.45, 7) is 11.0. The average Bonchev–Trinajstić information content (AvgIpc) is 2.36. The molecule has 0 radical (unpaired) electrons. The summed E-state index contributed by atoms with van der Waals surface area (Å²) < 4.78 is 0. The molecule has 0 bridgehead atoms. The first-order valence-corrected chi connectivity index (χ1v) is 4.02. The van der Waals surface area contributed by atoms with Gasteiger partial charge in [0, 0.05) is 17.9 Å². The van der Waals surface area contributed by atoms with Crippen LogP contribution in [0.5, 0.6) is 0 Å². The molecule has 1 saturated heterocycles. The van der Waals surface area contributed by atoms with Gasteiger partial charge in [-0.15, -0.1) is 0 Å². The molecule has 1 aliphatic heterocycles. The van der Waals surface area contributed by atoms with Crippen LogP contribution in [0.15, 0.2) is 36.7 Å². The normalized spacial score (nSPS) is 18.3. The summed E-state index contributed by atoms with van der Waals surface area (Å²) in [4.78, 5) is 2.18. The topological polar surface area (TPSA) is 3.24 Å². The Kier molecular flexibility index (Phi) is 2.53. The zero-order valence-corrected chi connectivity index (χ0v) is 7.14. The van der Waals surface area contributed by atoms with Crippen molar-refractivity contribution < 1.29 is 0 Å². The molecule has 0 unspecified atom stereocenters. The summed E-state index contributed by atoms with van der Waals surface area (Å²) in [6.07, 6.45) is 6.37. The Morgan fingerprint density at radius 2 is 2.36 bits per heavy atom. The van der Waals surface area contributed by atoms with Crippen molar-refractivity contribution in [3.63, 3.8) is 0 Å². The van der Waals surface area contributed by atoms with E-state index in [9.17, 15) is 0 Å². The van der Waals surface area contributed by atoms with Crippen LogP contribution in [0.1, 0.15) is 19.8 Å². The molecule has 0 aromatic carbocycles. The van der Waals surface area contributed by atoms with Gasteiger partial charge in [0.15, 0.2) is 0 Å². The van der Waals surface area contributed by atoms with Gasteiger partial charge in [-0.1, -0.05) is 19.2 Å². The predicted octanol–water partition coefficient (Wildman–Crippen LogP) is 2.69. The molecular weight excluding hydrogens is 134 g/mol. The van der Waals surface area contributed by atoms with Gasteiger partial charge in [0.1, 0.15) is 0 Å². The molecule has 0 amide bonds. The van der Waals surface area contributed by atoms with Crippen molar-refractivity contribution in [2.24, 2.45) is 0 Å². The minimum absolute atomic E-state index is 1.06. The Morgan fingerprint density at radius 1 is 1.64 bits per heavy atom. The summed E-state index contributed by atoms with van der Waals surface area (Å²) in [6, 6.07) is 0. The van der Waals surface area contributed by atoms with Crippen molar-refractivity contribution in [2.45, 2.75) is 19.8 Å². The van der Waals surface area contributed by atoms with E-state index in [0.717, 1.165) is 18.7 Å². The summed E-state index contributed by atoms with van der Waals surface area (Å²) in [5, 5.41) is 0. The number of rotatable bonds is 2. The minimum Gasteiger partial charge on any atom is -0.346 e. The maximum atomic E-state index is 3.97. The predicted molar refractivity (Wildman–Crippen MR) is 49.0 cm³/mol. The van der Waals surface area contributed by atoms with Crippen molar-refractivity contribution in [2.75, 3.05) is 6.54 Å². The molecule has 1 heterocycles. The minimum atomic E-state index is 1.06. The second kappa shape index (κ2) is 3.42. The van der Waals surface area contributed by atoms with E-state index in [4.69, 9.17) is 0 Å². The van der Waals surface area contributed by atoms with E-state index in [1.54, 1.807) is 0 Å². The second-order valence-corrected chi connectivity index (χ2v) is 2.81. The standard InChI is InChI=1S/C10H15N/c1-4-6-9(2)11-8-5-7-10(11)3/h4,6H,2-3,5,7-8H2,1H3. The summed E-state index contributed by atoms with van der Waals surface area (Å²) in [5.74, 6) is 0. The Labute approximate surface area is 68.7 Å². The molecule has 11 heavy (non-hydrogen) atoms. The first kappa shape index (κ1) is 8.12. The zero-order valence-electron chi connectivity index (χ0n) is 7.14. The van der Waals surface area contributed by atoms with Crippen molar-refractivity contribution in [3.8, 4) is 0 Å². The largest absolute Gasteiger partial charge is 0.346 e. The Morgan fingerprint density at radius 3 is 2.82 bits per heavy atom. The number of hydrogen-bond acceptors (Lipinski definition) is 1. The quantitative estimate of drug-likeness (QED) is 0.546. The molecule has 1 fully saturated rings. The molecule has 0 N–H and O–H groups in total. The van der Waals surface area contributed by atoms with E-state index in [0.29, 0.717) is 0 Å². The van der Waals surface area contributed by atoms with Crippen LogP contribution in [0.25, 0.3) is 0 Å². The molecule has 0 aromatic rings. The molecule has 0 saturated carbocycles. The fourth-order valence-corrected chi connectivity index (χ4v) is 1.36. The lowest BCUT2D eigenvalue weighted by molar-refractivity contribution is 0.508. The fraction of sp³-hybridized carbons (Fsp3) is 0.400. The first-order chi connectivity index (χ1) is 5.25. The molecule has 0 atom stereocenters. The van der Waals surface area contributed by atoms with Crippen molar-refractivity contribution >= 4 is 0 Å². The lowest BCUT2D eigenvalue weighted by Crippen LogP contribution is -2.13. The highest BCUT2D eigenvalue weighted by Crippen LogP contribution is 2.23. The van der Waals surface area contributed by atoms with Crippen LogP contribution in [-0.4, -0.2) is 11.4 Å². The molecule has 1 rings (SSSR count). The lowest BCUT2D eigenvalue weighted by Gasteiger charge is -2.18. The van der Waals surface area contributed by atoms with Crippen LogP contribution in [0, 0.1) is 0 Å². The van der Waals surface area contributed by atoms with E-state index in [1.807, 2.05) is 19.1 Å². The van der Waals surface area contributed by atoms with Gasteiger partial charge in [-0.05, 0) is 25.8 Å². The molecule has 0 aliphatic carbocycles. The van der Waals surface area contributed by atoms with Gasteiger partial charge in [0.2, 0.25) is 0 Å². The number of hydrogen-bond donors (Lipinski definition) is 0. The van der Waals surface area contributed by atoms with Gasteiger partial charge in [-0.25, -0.2) is 0 Å². The van der Waals surface area contributed by atoms with Crippen LogP contribution >= 0.6 is 0 Å². The van der Waals surface area contributed by atoms with Crippen molar-refractivity contribution in [1.29, 1.82) is 0 Å². The highest BCUT2D eigenvalue weighted by atomic mass is 15.2. The lowest BCUT2D eigenvalue weighted by atomic mass is 10.3. The first-order valence-electron chi connectivity index (χ1n) is 4.02. The fourth-order valence-electron chi connectivity index (χ4n) is 1.36. The molecule has 60 valence electrons. The maximum absolute atomic E-state index is 3.97. The van der Waals surface area contributed by atoms with Gasteiger partial charge in [-0.3, -0.25) is 0 Å². The van der Waals surface area contributed by atoms with Gasteiger partial charge >= 0.3 is 0 Å². The highest BCUT2D eigenvalue weighted by molar-refractivity contribution is 5.20. The molecule has 1 nitrogen and oxygen atoms in total. The monoisotopic (exact) mass is 149 g/mol. The smallest absolute Gasteiger partial charge is 0.0331 e. The van der Waals surface area contributed by atoms with Crippen LogP contribution in [0.2, 0.25) is 0 Å². The second-order valence-electron chi connectivity index (χ2n) is 2.81. The van der Waals surface area contributed by atoms with Gasteiger partial charge in [-0.2, -0.15) is 0 Å². The number of allylic oxidation sites excluding steroid dienone is 3. The maximum Gasteiger partial charge on any atom is 0.0331 e. The third-order valence-corrected chi connectivity index (χ3v) is 1.93. The van der Waals surface area contributed by atoms with E-state index >= 15 is 0 Å². The SMILES string of the molecule is C=C(C=CC)N1CCCC1=C. The third kappa shape index (κ3) is 1.73. The van der Waals surface area contributed by atoms with E-state index in [1.165, 1.54) is 12.1 Å². The van der Waals surface area contributed by atoms with Gasteiger partial charge in [0.25, 0.3) is 0 Å². The van der Waals surface area contributed by atoms with Crippen molar-refractivity contribution in [3.05, 3.63) is 36.7 Å². The number of likely N-dealkylation sites (tertiary alicyclic amines) is 1. The third-order valence-electron chi connectivity index (χ3n) is 1.93.